The van der Waals surface area contributed by atoms with E-state index in [1.165, 1.54) is 0 Å². The summed E-state index contributed by atoms with van der Waals surface area (Å²) in [6, 6.07) is 2.14. The summed E-state index contributed by atoms with van der Waals surface area (Å²) in [5.41, 5.74) is 0. The van der Waals surface area contributed by atoms with E-state index >= 15 is 0 Å². The molecule has 0 aliphatic carbocycles. The van der Waals surface area contributed by atoms with Crippen molar-refractivity contribution in [1.29, 1.82) is 5.26 Å². The Labute approximate surface area is 107 Å². The lowest BCUT2D eigenvalue weighted by Crippen LogP contribution is -2.44. The van der Waals surface area contributed by atoms with Crippen molar-refractivity contribution >= 4 is 5.95 Å². The third-order valence-electron chi connectivity index (χ3n) is 3.33. The smallest absolute Gasteiger partial charge is 0.266 e. The van der Waals surface area contributed by atoms with Crippen LogP contribution in [-0.4, -0.2) is 48.3 Å². The van der Waals surface area contributed by atoms with E-state index in [2.05, 4.69) is 33.1 Å². The van der Waals surface area contributed by atoms with Gasteiger partial charge in [-0.05, 0) is 18.6 Å². The first-order valence-corrected chi connectivity index (χ1v) is 6.34. The molecule has 98 valence electrons. The molecule has 1 aliphatic rings. The number of aromatic nitrogens is 2. The van der Waals surface area contributed by atoms with Gasteiger partial charge in [0, 0.05) is 38.5 Å². The Bertz CT molecular complexity index is 416. The van der Waals surface area contributed by atoms with Crippen molar-refractivity contribution in [2.24, 2.45) is 0 Å². The van der Waals surface area contributed by atoms with Crippen LogP contribution in [0.2, 0.25) is 0 Å². The second-order valence-corrected chi connectivity index (χ2v) is 4.82. The zero-order chi connectivity index (χ0) is 13.0. The average molecular weight is 249 g/mol. The Hall–Kier alpha value is -1.61. The highest BCUT2D eigenvalue weighted by atomic mass is 16.5. The summed E-state index contributed by atoms with van der Waals surface area (Å²) < 4.78 is 5.28. The van der Waals surface area contributed by atoms with Crippen molar-refractivity contribution in [3.63, 3.8) is 0 Å². The van der Waals surface area contributed by atoms with E-state index in [9.17, 15) is 0 Å². The number of likely N-dealkylation sites (N-methyl/N-ethyl adjacent to an activating group) is 1. The summed E-state index contributed by atoms with van der Waals surface area (Å²) in [7, 11) is 2.11. The molecular weight excluding hydrogens is 230 g/mol. The summed E-state index contributed by atoms with van der Waals surface area (Å²) in [6.07, 6.45) is 1.29. The largest absolute Gasteiger partial charge is 0.337 e. The molecule has 0 N–H and O–H groups in total. The van der Waals surface area contributed by atoms with Gasteiger partial charge in [0.2, 0.25) is 5.89 Å². The average Bonchev–Trinajstić information content (AvgIpc) is 2.86. The molecular formula is C12H19N5O. The monoisotopic (exact) mass is 249 g/mol. The molecule has 1 aliphatic heterocycles. The quantitative estimate of drug-likeness (QED) is 0.799. The Kier molecular flexibility index (Phi) is 4.15. The van der Waals surface area contributed by atoms with E-state index in [1.54, 1.807) is 0 Å². The fourth-order valence-corrected chi connectivity index (χ4v) is 1.97. The predicted molar refractivity (Wildman–Crippen MR) is 67.3 cm³/mol. The maximum Gasteiger partial charge on any atom is 0.266 e. The van der Waals surface area contributed by atoms with Crippen molar-refractivity contribution in [2.45, 2.75) is 25.7 Å². The van der Waals surface area contributed by atoms with Crippen molar-refractivity contribution in [1.82, 2.24) is 15.0 Å². The molecule has 6 nitrogen and oxygen atoms in total. The van der Waals surface area contributed by atoms with Crippen molar-refractivity contribution < 1.29 is 4.52 Å². The number of rotatable bonds is 4. The SMILES string of the molecule is CC(CCC#N)c1nc(N2CCN(C)CC2)no1. The summed E-state index contributed by atoms with van der Waals surface area (Å²) in [5, 5.41) is 12.6. The Morgan fingerprint density at radius 2 is 2.11 bits per heavy atom. The molecule has 1 atom stereocenters. The van der Waals surface area contributed by atoms with E-state index in [1.807, 2.05) is 6.92 Å². The first-order chi connectivity index (χ1) is 8.70. The maximum absolute atomic E-state index is 8.57. The number of piperazine rings is 1. The van der Waals surface area contributed by atoms with Gasteiger partial charge in [-0.3, -0.25) is 0 Å². The molecule has 1 fully saturated rings. The van der Waals surface area contributed by atoms with Crippen LogP contribution in [0.5, 0.6) is 0 Å². The number of nitrogens with zero attached hydrogens (tertiary/aromatic N) is 5. The van der Waals surface area contributed by atoms with Gasteiger partial charge in [0.1, 0.15) is 0 Å². The van der Waals surface area contributed by atoms with Gasteiger partial charge in [-0.15, -0.1) is 0 Å². The standard InChI is InChI=1S/C12H19N5O/c1-10(4-3-5-13)11-14-12(15-18-11)17-8-6-16(2)7-9-17/h10H,3-4,6-9H2,1-2H3. The van der Waals surface area contributed by atoms with Gasteiger partial charge in [-0.2, -0.15) is 10.2 Å². The Balaban J connectivity index is 1.95. The molecule has 1 unspecified atom stereocenters. The van der Waals surface area contributed by atoms with Crippen LogP contribution in [0.25, 0.3) is 0 Å². The molecule has 0 amide bonds. The minimum Gasteiger partial charge on any atom is -0.337 e. The van der Waals surface area contributed by atoms with Crippen LogP contribution in [0.1, 0.15) is 31.6 Å². The molecule has 0 bridgehead atoms. The normalized spacial score (nSPS) is 18.6. The maximum atomic E-state index is 8.57. The zero-order valence-electron chi connectivity index (χ0n) is 11.0. The summed E-state index contributed by atoms with van der Waals surface area (Å²) in [4.78, 5) is 8.86. The molecule has 0 spiro atoms. The fourth-order valence-electron chi connectivity index (χ4n) is 1.97. The third kappa shape index (κ3) is 2.99. The lowest BCUT2D eigenvalue weighted by Gasteiger charge is -2.31. The predicted octanol–water partition coefficient (Wildman–Crippen LogP) is 1.23. The van der Waals surface area contributed by atoms with Gasteiger partial charge in [0.05, 0.1) is 6.07 Å². The molecule has 1 aromatic heterocycles. The molecule has 18 heavy (non-hydrogen) atoms. The van der Waals surface area contributed by atoms with E-state index in [4.69, 9.17) is 9.78 Å². The van der Waals surface area contributed by atoms with E-state index in [-0.39, 0.29) is 5.92 Å². The minimum atomic E-state index is 0.151. The van der Waals surface area contributed by atoms with E-state index in [0.29, 0.717) is 18.3 Å². The molecule has 1 saturated heterocycles. The van der Waals surface area contributed by atoms with Gasteiger partial charge in [0.25, 0.3) is 5.95 Å². The summed E-state index contributed by atoms with van der Waals surface area (Å²) in [6.45, 7) is 5.92. The van der Waals surface area contributed by atoms with Crippen molar-refractivity contribution in [3.8, 4) is 6.07 Å². The van der Waals surface area contributed by atoms with Gasteiger partial charge in [-0.25, -0.2) is 0 Å². The molecule has 0 saturated carbocycles. The lowest BCUT2D eigenvalue weighted by molar-refractivity contribution is 0.308. The molecule has 0 aromatic carbocycles. The third-order valence-corrected chi connectivity index (χ3v) is 3.33. The van der Waals surface area contributed by atoms with Crippen LogP contribution in [-0.2, 0) is 0 Å². The lowest BCUT2D eigenvalue weighted by atomic mass is 10.1. The second-order valence-electron chi connectivity index (χ2n) is 4.82. The molecule has 1 aromatic rings. The van der Waals surface area contributed by atoms with Crippen LogP contribution in [0.15, 0.2) is 4.52 Å². The fraction of sp³-hybridized carbons (Fsp3) is 0.750. The van der Waals surface area contributed by atoms with Crippen molar-refractivity contribution in [3.05, 3.63) is 5.89 Å². The first-order valence-electron chi connectivity index (χ1n) is 6.34. The number of anilines is 1. The highest BCUT2D eigenvalue weighted by Crippen LogP contribution is 2.21. The van der Waals surface area contributed by atoms with Crippen LogP contribution in [0, 0.1) is 11.3 Å². The molecule has 0 radical (unpaired) electrons. The van der Waals surface area contributed by atoms with Gasteiger partial charge in [-0.1, -0.05) is 6.92 Å². The van der Waals surface area contributed by atoms with Gasteiger partial charge < -0.3 is 14.3 Å². The van der Waals surface area contributed by atoms with Crippen molar-refractivity contribution in [2.75, 3.05) is 38.1 Å². The topological polar surface area (TPSA) is 69.2 Å². The Morgan fingerprint density at radius 3 is 2.78 bits per heavy atom. The highest BCUT2D eigenvalue weighted by molar-refractivity contribution is 5.28. The summed E-state index contributed by atoms with van der Waals surface area (Å²) >= 11 is 0. The molecule has 2 heterocycles. The van der Waals surface area contributed by atoms with Gasteiger partial charge in [0.15, 0.2) is 0 Å². The number of nitriles is 1. The van der Waals surface area contributed by atoms with Crippen LogP contribution in [0.3, 0.4) is 0 Å². The van der Waals surface area contributed by atoms with Crippen LogP contribution < -0.4 is 4.90 Å². The number of hydrogen-bond donors (Lipinski definition) is 0. The van der Waals surface area contributed by atoms with E-state index in [0.717, 1.165) is 32.6 Å². The van der Waals surface area contributed by atoms with E-state index < -0.39 is 0 Å². The highest BCUT2D eigenvalue weighted by Gasteiger charge is 2.20. The van der Waals surface area contributed by atoms with Crippen LogP contribution >= 0.6 is 0 Å². The first kappa shape index (κ1) is 12.8. The van der Waals surface area contributed by atoms with Gasteiger partial charge >= 0.3 is 0 Å². The molecule has 6 heteroatoms. The molecule has 2 rings (SSSR count). The number of hydrogen-bond acceptors (Lipinski definition) is 6. The van der Waals surface area contributed by atoms with Crippen LogP contribution in [0.4, 0.5) is 5.95 Å². The summed E-state index contributed by atoms with van der Waals surface area (Å²) in [5.74, 6) is 1.47. The zero-order valence-corrected chi connectivity index (χ0v) is 11.0. The second kappa shape index (κ2) is 5.83. The minimum absolute atomic E-state index is 0.151. The Morgan fingerprint density at radius 1 is 1.39 bits per heavy atom.